The van der Waals surface area contributed by atoms with Crippen LogP contribution in [0.25, 0.3) is 33.9 Å². The van der Waals surface area contributed by atoms with E-state index in [0.717, 1.165) is 45.0 Å². The standard InChI is InChI=1S/C22H17FN4.C2HF3O2/c1-12-5-3-6-13(2)18(12)22-26-19-15-9-8-14(23)11-17(15)25-21-16(20(19)27-22)7-4-10-24-21;3-2(4,5)1(6)7/h3-11H,1-2H3,(H,24,25)(H,26,27);(H,6,7). The molecule has 3 N–H and O–H groups in total. The molecule has 2 aromatic heterocycles. The van der Waals surface area contributed by atoms with Gasteiger partial charge in [-0.2, -0.15) is 13.2 Å². The van der Waals surface area contributed by atoms with E-state index in [1.807, 2.05) is 18.2 Å². The van der Waals surface area contributed by atoms with Gasteiger partial charge in [-0.05, 0) is 55.3 Å². The van der Waals surface area contributed by atoms with E-state index in [0.29, 0.717) is 11.5 Å². The Morgan fingerprint density at radius 3 is 2.32 bits per heavy atom. The second-order valence-electron chi connectivity index (χ2n) is 7.59. The number of aliphatic carboxylic acids is 1. The Morgan fingerprint density at radius 2 is 1.68 bits per heavy atom. The highest BCUT2D eigenvalue weighted by atomic mass is 19.4. The van der Waals surface area contributed by atoms with Crippen LogP contribution in [0, 0.1) is 19.7 Å². The monoisotopic (exact) mass is 470 g/mol. The molecule has 0 atom stereocenters. The number of anilines is 2. The number of halogens is 4. The van der Waals surface area contributed by atoms with Crippen LogP contribution in [0.1, 0.15) is 11.1 Å². The highest BCUT2D eigenvalue weighted by molar-refractivity contribution is 5.95. The smallest absolute Gasteiger partial charge is 0.475 e. The molecule has 5 rings (SSSR count). The normalized spacial score (nSPS) is 11.7. The van der Waals surface area contributed by atoms with Gasteiger partial charge in [0.25, 0.3) is 0 Å². The van der Waals surface area contributed by atoms with E-state index < -0.39 is 12.1 Å². The fourth-order valence-electron chi connectivity index (χ4n) is 3.73. The molecule has 2 aromatic carbocycles. The molecule has 0 saturated carbocycles. The molecule has 1 aliphatic rings. The summed E-state index contributed by atoms with van der Waals surface area (Å²) in [6, 6.07) is 14.8. The van der Waals surface area contributed by atoms with E-state index in [1.54, 1.807) is 12.3 Å². The molecule has 3 heterocycles. The lowest BCUT2D eigenvalue weighted by Gasteiger charge is -2.10. The molecular weight excluding hydrogens is 452 g/mol. The van der Waals surface area contributed by atoms with E-state index in [2.05, 4.69) is 41.3 Å². The minimum Gasteiger partial charge on any atom is -0.475 e. The van der Waals surface area contributed by atoms with E-state index in [4.69, 9.17) is 14.9 Å². The number of hydrogen-bond acceptors (Lipinski definition) is 4. The molecule has 6 nitrogen and oxygen atoms in total. The van der Waals surface area contributed by atoms with Gasteiger partial charge >= 0.3 is 12.1 Å². The number of alkyl halides is 3. The summed E-state index contributed by atoms with van der Waals surface area (Å²) in [6.45, 7) is 4.16. The van der Waals surface area contributed by atoms with Crippen molar-refractivity contribution in [3.05, 3.63) is 71.7 Å². The number of carboxylic acid groups (broad SMARTS) is 1. The number of nitrogens with one attached hydrogen (secondary N) is 2. The molecule has 0 spiro atoms. The third-order valence-corrected chi connectivity index (χ3v) is 5.23. The van der Waals surface area contributed by atoms with Crippen LogP contribution < -0.4 is 5.32 Å². The van der Waals surface area contributed by atoms with Crippen molar-refractivity contribution in [1.29, 1.82) is 0 Å². The van der Waals surface area contributed by atoms with Crippen molar-refractivity contribution in [2.75, 3.05) is 5.32 Å². The first-order valence-corrected chi connectivity index (χ1v) is 10.1. The predicted octanol–water partition coefficient (Wildman–Crippen LogP) is 6.25. The summed E-state index contributed by atoms with van der Waals surface area (Å²) < 4.78 is 45.6. The average Bonchev–Trinajstić information content (AvgIpc) is 3.13. The lowest BCUT2D eigenvalue weighted by molar-refractivity contribution is -0.192. The Labute approximate surface area is 191 Å². The Hall–Kier alpha value is -4.21. The van der Waals surface area contributed by atoms with Crippen molar-refractivity contribution < 1.29 is 27.5 Å². The van der Waals surface area contributed by atoms with E-state index in [1.165, 1.54) is 12.1 Å². The lowest BCUT2D eigenvalue weighted by atomic mass is 10.0. The summed E-state index contributed by atoms with van der Waals surface area (Å²) in [4.78, 5) is 21.8. The van der Waals surface area contributed by atoms with Gasteiger partial charge in [0.05, 0.1) is 11.4 Å². The van der Waals surface area contributed by atoms with Crippen LogP contribution in [0.2, 0.25) is 0 Å². The quantitative estimate of drug-likeness (QED) is 0.252. The van der Waals surface area contributed by atoms with Crippen molar-refractivity contribution in [1.82, 2.24) is 15.0 Å². The minimum atomic E-state index is -5.08. The number of aromatic amines is 1. The number of nitrogens with zero attached hydrogens (tertiary/aromatic N) is 2. The van der Waals surface area contributed by atoms with Gasteiger partial charge in [-0.3, -0.25) is 0 Å². The Morgan fingerprint density at radius 1 is 1.00 bits per heavy atom. The number of pyridine rings is 1. The predicted molar refractivity (Wildman–Crippen MR) is 119 cm³/mol. The molecule has 0 fully saturated rings. The van der Waals surface area contributed by atoms with Crippen molar-refractivity contribution in [3.8, 4) is 33.9 Å². The van der Waals surface area contributed by atoms with Crippen LogP contribution in [-0.4, -0.2) is 32.2 Å². The van der Waals surface area contributed by atoms with Crippen LogP contribution in [0.15, 0.2) is 54.7 Å². The third-order valence-electron chi connectivity index (χ3n) is 5.23. The maximum absolute atomic E-state index is 13.9. The molecule has 0 aliphatic carbocycles. The maximum atomic E-state index is 13.9. The summed E-state index contributed by atoms with van der Waals surface area (Å²) >= 11 is 0. The first-order chi connectivity index (χ1) is 16.1. The van der Waals surface area contributed by atoms with Crippen LogP contribution in [0.3, 0.4) is 0 Å². The average molecular weight is 470 g/mol. The Kier molecular flexibility index (Phi) is 5.82. The van der Waals surface area contributed by atoms with E-state index in [9.17, 15) is 17.6 Å². The summed E-state index contributed by atoms with van der Waals surface area (Å²) in [7, 11) is 0. The number of rotatable bonds is 1. The van der Waals surface area contributed by atoms with Gasteiger partial charge in [0, 0.05) is 22.9 Å². The van der Waals surface area contributed by atoms with Crippen molar-refractivity contribution in [2.24, 2.45) is 0 Å². The SMILES string of the molecule is Cc1cccc(C)c1-c1nc2c([nH]1)-c1ccc(F)cc1Nc1ncccc1-2.O=C(O)C(F)(F)F. The summed E-state index contributed by atoms with van der Waals surface area (Å²) in [6.07, 6.45) is -3.37. The Bertz CT molecular complexity index is 1380. The Balaban J connectivity index is 0.000000344. The van der Waals surface area contributed by atoms with Crippen molar-refractivity contribution >= 4 is 17.5 Å². The van der Waals surface area contributed by atoms with Gasteiger partial charge in [0.1, 0.15) is 23.2 Å². The molecule has 1 aliphatic heterocycles. The topological polar surface area (TPSA) is 90.9 Å². The van der Waals surface area contributed by atoms with Crippen LogP contribution in [-0.2, 0) is 4.79 Å². The molecule has 174 valence electrons. The number of aromatic nitrogens is 3. The molecule has 0 saturated heterocycles. The molecular formula is C24H18F4N4O2. The van der Waals surface area contributed by atoms with Crippen LogP contribution in [0.5, 0.6) is 0 Å². The van der Waals surface area contributed by atoms with Gasteiger partial charge in [0.15, 0.2) is 0 Å². The zero-order valence-electron chi connectivity index (χ0n) is 18.0. The minimum absolute atomic E-state index is 0.295. The number of aryl methyl sites for hydroxylation is 2. The first-order valence-electron chi connectivity index (χ1n) is 10.1. The van der Waals surface area contributed by atoms with Gasteiger partial charge in [-0.1, -0.05) is 18.2 Å². The molecule has 0 amide bonds. The highest BCUT2D eigenvalue weighted by Gasteiger charge is 2.38. The van der Waals surface area contributed by atoms with Gasteiger partial charge in [-0.15, -0.1) is 0 Å². The molecule has 0 radical (unpaired) electrons. The number of H-pyrrole nitrogens is 1. The number of benzene rings is 2. The van der Waals surface area contributed by atoms with Gasteiger partial charge in [0.2, 0.25) is 0 Å². The number of imidazole rings is 1. The number of carboxylic acids is 1. The molecule has 34 heavy (non-hydrogen) atoms. The fourth-order valence-corrected chi connectivity index (χ4v) is 3.73. The third kappa shape index (κ3) is 4.34. The highest BCUT2D eigenvalue weighted by Crippen LogP contribution is 2.43. The number of carbonyl (C=O) groups is 1. The summed E-state index contributed by atoms with van der Waals surface area (Å²) in [5, 5.41) is 10.4. The van der Waals surface area contributed by atoms with Crippen LogP contribution in [0.4, 0.5) is 29.1 Å². The number of fused-ring (bicyclic) bond motifs is 5. The molecule has 10 heteroatoms. The van der Waals surface area contributed by atoms with Gasteiger partial charge in [-0.25, -0.2) is 19.2 Å². The fraction of sp³-hybridized carbons (Fsp3) is 0.125. The second-order valence-corrected chi connectivity index (χ2v) is 7.59. The van der Waals surface area contributed by atoms with Crippen molar-refractivity contribution in [2.45, 2.75) is 20.0 Å². The van der Waals surface area contributed by atoms with Crippen molar-refractivity contribution in [3.63, 3.8) is 0 Å². The zero-order chi connectivity index (χ0) is 24.6. The van der Waals surface area contributed by atoms with Gasteiger partial charge < -0.3 is 15.4 Å². The largest absolute Gasteiger partial charge is 0.490 e. The lowest BCUT2D eigenvalue weighted by Crippen LogP contribution is -2.21. The summed E-state index contributed by atoms with van der Waals surface area (Å²) in [5.74, 6) is -1.57. The molecule has 0 unspecified atom stereocenters. The molecule has 4 aromatic rings. The number of hydrogen-bond donors (Lipinski definition) is 3. The zero-order valence-corrected chi connectivity index (χ0v) is 18.0. The maximum Gasteiger partial charge on any atom is 0.490 e. The molecule has 0 bridgehead atoms. The van der Waals surface area contributed by atoms with Crippen LogP contribution >= 0.6 is 0 Å². The van der Waals surface area contributed by atoms with E-state index in [-0.39, 0.29) is 5.82 Å². The van der Waals surface area contributed by atoms with E-state index >= 15 is 0 Å². The second kappa shape index (κ2) is 8.62. The first kappa shape index (κ1) is 23.0. The summed E-state index contributed by atoms with van der Waals surface area (Å²) in [5.41, 5.74) is 7.51.